The standard InChI is InChI=1S/C19H24N4O3/c1-13-19-21-15(10-17(24)20-11-16-3-2-8-26-16)12-22(19)6-7-23(13)18(25)9-14-4-5-14/h2-3,8,12-14H,4-7,9-11H2,1H3,(H,20,24)/t13-/m0/s1. The fourth-order valence-electron chi connectivity index (χ4n) is 3.49. The Bertz CT molecular complexity index is 792. The molecule has 7 heteroatoms. The van der Waals surface area contributed by atoms with E-state index in [-0.39, 0.29) is 24.3 Å². The minimum Gasteiger partial charge on any atom is -0.467 e. The summed E-state index contributed by atoms with van der Waals surface area (Å²) in [5.41, 5.74) is 0.736. The summed E-state index contributed by atoms with van der Waals surface area (Å²) >= 11 is 0. The van der Waals surface area contributed by atoms with E-state index in [1.165, 1.54) is 12.8 Å². The van der Waals surface area contributed by atoms with Crippen LogP contribution in [0.25, 0.3) is 0 Å². The molecule has 2 aromatic rings. The van der Waals surface area contributed by atoms with Crippen molar-refractivity contribution in [3.05, 3.63) is 41.9 Å². The van der Waals surface area contributed by atoms with Crippen LogP contribution in [0.5, 0.6) is 0 Å². The summed E-state index contributed by atoms with van der Waals surface area (Å²) < 4.78 is 7.28. The van der Waals surface area contributed by atoms with Crippen molar-refractivity contribution in [2.24, 2.45) is 5.92 Å². The number of aromatic nitrogens is 2. The fourth-order valence-corrected chi connectivity index (χ4v) is 3.49. The van der Waals surface area contributed by atoms with Crippen LogP contribution in [-0.2, 0) is 29.1 Å². The number of nitrogens with one attached hydrogen (secondary N) is 1. The molecule has 1 fully saturated rings. The first-order valence-electron chi connectivity index (χ1n) is 9.24. The van der Waals surface area contributed by atoms with E-state index in [1.54, 1.807) is 12.3 Å². The number of fused-ring (bicyclic) bond motifs is 1. The number of hydrogen-bond acceptors (Lipinski definition) is 4. The molecule has 2 aliphatic rings. The van der Waals surface area contributed by atoms with E-state index in [0.717, 1.165) is 23.8 Å². The quantitative estimate of drug-likeness (QED) is 0.859. The molecule has 138 valence electrons. The Morgan fingerprint density at radius 2 is 2.19 bits per heavy atom. The highest BCUT2D eigenvalue weighted by Gasteiger charge is 2.33. The second kappa shape index (κ2) is 6.97. The van der Waals surface area contributed by atoms with Crippen LogP contribution in [0.15, 0.2) is 29.0 Å². The first-order chi connectivity index (χ1) is 12.6. The zero-order chi connectivity index (χ0) is 18.1. The van der Waals surface area contributed by atoms with Crippen LogP contribution in [0.1, 0.15) is 49.5 Å². The number of carbonyl (C=O) groups excluding carboxylic acids is 2. The topological polar surface area (TPSA) is 80.4 Å². The van der Waals surface area contributed by atoms with Crippen LogP contribution < -0.4 is 5.32 Å². The molecule has 1 saturated carbocycles. The Balaban J connectivity index is 1.36. The van der Waals surface area contributed by atoms with E-state index in [9.17, 15) is 9.59 Å². The molecule has 1 aliphatic heterocycles. The van der Waals surface area contributed by atoms with Gasteiger partial charge in [0.15, 0.2) is 0 Å². The number of amides is 2. The smallest absolute Gasteiger partial charge is 0.226 e. The third kappa shape index (κ3) is 3.66. The molecule has 0 radical (unpaired) electrons. The molecule has 0 bridgehead atoms. The maximum absolute atomic E-state index is 12.5. The molecule has 0 unspecified atom stereocenters. The van der Waals surface area contributed by atoms with Crippen molar-refractivity contribution in [3.63, 3.8) is 0 Å². The van der Waals surface area contributed by atoms with Crippen molar-refractivity contribution in [1.29, 1.82) is 0 Å². The van der Waals surface area contributed by atoms with Crippen LogP contribution in [0.4, 0.5) is 0 Å². The molecular formula is C19H24N4O3. The van der Waals surface area contributed by atoms with Crippen LogP contribution in [0, 0.1) is 5.92 Å². The summed E-state index contributed by atoms with van der Waals surface area (Å²) in [5.74, 6) is 2.32. The van der Waals surface area contributed by atoms with Crippen LogP contribution in [0.2, 0.25) is 0 Å². The molecule has 0 saturated heterocycles. The average molecular weight is 356 g/mol. The molecule has 0 spiro atoms. The highest BCUT2D eigenvalue weighted by Crippen LogP contribution is 2.34. The summed E-state index contributed by atoms with van der Waals surface area (Å²) in [6, 6.07) is 3.57. The highest BCUT2D eigenvalue weighted by molar-refractivity contribution is 5.78. The molecular weight excluding hydrogens is 332 g/mol. The Morgan fingerprint density at radius 3 is 2.92 bits per heavy atom. The normalized spacial score (nSPS) is 19.3. The molecule has 1 atom stereocenters. The fraction of sp³-hybridized carbons (Fsp3) is 0.526. The van der Waals surface area contributed by atoms with Gasteiger partial charge in [0.2, 0.25) is 11.8 Å². The lowest BCUT2D eigenvalue weighted by Crippen LogP contribution is -2.41. The predicted octanol–water partition coefficient (Wildman–Crippen LogP) is 2.04. The van der Waals surface area contributed by atoms with E-state index in [1.807, 2.05) is 24.1 Å². The summed E-state index contributed by atoms with van der Waals surface area (Å²) in [5, 5.41) is 2.83. The minimum absolute atomic E-state index is 0.0464. The van der Waals surface area contributed by atoms with E-state index in [0.29, 0.717) is 25.4 Å². The average Bonchev–Trinajstić information content (AvgIpc) is 3.10. The minimum atomic E-state index is -0.0915. The van der Waals surface area contributed by atoms with Gasteiger partial charge in [-0.2, -0.15) is 0 Å². The molecule has 4 rings (SSSR count). The first kappa shape index (κ1) is 16.9. The van der Waals surface area contributed by atoms with Crippen LogP contribution in [-0.4, -0.2) is 32.8 Å². The van der Waals surface area contributed by atoms with E-state index < -0.39 is 0 Å². The van der Waals surface area contributed by atoms with Crippen molar-refractivity contribution in [2.45, 2.75) is 51.7 Å². The molecule has 2 aromatic heterocycles. The van der Waals surface area contributed by atoms with Gasteiger partial charge in [0.1, 0.15) is 11.6 Å². The second-order valence-corrected chi connectivity index (χ2v) is 7.23. The molecule has 0 aromatic carbocycles. The van der Waals surface area contributed by atoms with Gasteiger partial charge in [0, 0.05) is 25.7 Å². The number of nitrogens with zero attached hydrogens (tertiary/aromatic N) is 3. The molecule has 26 heavy (non-hydrogen) atoms. The molecule has 1 aliphatic carbocycles. The Hall–Kier alpha value is -2.57. The van der Waals surface area contributed by atoms with Gasteiger partial charge in [-0.3, -0.25) is 9.59 Å². The lowest BCUT2D eigenvalue weighted by atomic mass is 10.1. The first-order valence-corrected chi connectivity index (χ1v) is 9.24. The third-order valence-electron chi connectivity index (χ3n) is 5.14. The summed E-state index contributed by atoms with van der Waals surface area (Å²) in [7, 11) is 0. The Labute approximate surface area is 152 Å². The van der Waals surface area contributed by atoms with Crippen molar-refractivity contribution in [1.82, 2.24) is 19.8 Å². The highest BCUT2D eigenvalue weighted by atomic mass is 16.3. The van der Waals surface area contributed by atoms with Crippen molar-refractivity contribution in [2.75, 3.05) is 6.54 Å². The second-order valence-electron chi connectivity index (χ2n) is 7.23. The third-order valence-corrected chi connectivity index (χ3v) is 5.14. The molecule has 2 amide bonds. The largest absolute Gasteiger partial charge is 0.467 e. The lowest BCUT2D eigenvalue weighted by molar-refractivity contribution is -0.135. The Kier molecular flexibility index (Phi) is 4.53. The van der Waals surface area contributed by atoms with Gasteiger partial charge in [-0.25, -0.2) is 4.98 Å². The number of imidazole rings is 1. The van der Waals surface area contributed by atoms with Gasteiger partial charge in [-0.05, 0) is 37.8 Å². The van der Waals surface area contributed by atoms with E-state index in [4.69, 9.17) is 4.42 Å². The van der Waals surface area contributed by atoms with Gasteiger partial charge < -0.3 is 19.2 Å². The van der Waals surface area contributed by atoms with E-state index >= 15 is 0 Å². The number of rotatable bonds is 6. The van der Waals surface area contributed by atoms with Crippen molar-refractivity contribution >= 4 is 11.8 Å². The van der Waals surface area contributed by atoms with Gasteiger partial charge in [0.25, 0.3) is 0 Å². The zero-order valence-corrected chi connectivity index (χ0v) is 15.0. The summed E-state index contributed by atoms with van der Waals surface area (Å²) in [4.78, 5) is 31.2. The Morgan fingerprint density at radius 1 is 1.35 bits per heavy atom. The number of furan rings is 1. The number of carbonyl (C=O) groups is 2. The van der Waals surface area contributed by atoms with Gasteiger partial charge >= 0.3 is 0 Å². The van der Waals surface area contributed by atoms with Crippen molar-refractivity contribution in [3.8, 4) is 0 Å². The SMILES string of the molecule is C[C@H]1c2nc(CC(=O)NCc3ccco3)cn2CCN1C(=O)CC1CC1. The predicted molar refractivity (Wildman–Crippen MR) is 94.0 cm³/mol. The molecule has 1 N–H and O–H groups in total. The van der Waals surface area contributed by atoms with E-state index in [2.05, 4.69) is 14.9 Å². The van der Waals surface area contributed by atoms with Crippen LogP contribution >= 0.6 is 0 Å². The van der Waals surface area contributed by atoms with Gasteiger partial charge in [0.05, 0.1) is 31.0 Å². The lowest BCUT2D eigenvalue weighted by Gasteiger charge is -2.34. The zero-order valence-electron chi connectivity index (χ0n) is 15.0. The summed E-state index contributed by atoms with van der Waals surface area (Å²) in [6.07, 6.45) is 6.76. The molecule has 7 nitrogen and oxygen atoms in total. The maximum Gasteiger partial charge on any atom is 0.226 e. The van der Waals surface area contributed by atoms with Gasteiger partial charge in [-0.15, -0.1) is 0 Å². The summed E-state index contributed by atoms with van der Waals surface area (Å²) in [6.45, 7) is 3.83. The monoisotopic (exact) mass is 356 g/mol. The number of hydrogen-bond donors (Lipinski definition) is 1. The van der Waals surface area contributed by atoms with Gasteiger partial charge in [-0.1, -0.05) is 0 Å². The molecule has 3 heterocycles. The van der Waals surface area contributed by atoms with Crippen LogP contribution in [0.3, 0.4) is 0 Å². The van der Waals surface area contributed by atoms with Crippen molar-refractivity contribution < 1.29 is 14.0 Å². The maximum atomic E-state index is 12.5.